The molecule has 0 aliphatic carbocycles. The van der Waals surface area contributed by atoms with Gasteiger partial charge in [0.05, 0.1) is 35.5 Å². The number of hydrogen-bond donors (Lipinski definition) is 0. The van der Waals surface area contributed by atoms with E-state index in [9.17, 15) is 29.3 Å². The van der Waals surface area contributed by atoms with Crippen molar-refractivity contribution in [2.45, 2.75) is 25.9 Å². The lowest BCUT2D eigenvalue weighted by Gasteiger charge is -2.35. The standard InChI is InChI=1S/C29H23N3O7S/c1-14-15(2)40-28(20(14)29(36)39-3)31-26(34)21-22(27(31)35)24(25(33)17-8-10-18(11-9-17)32(37)38)30-13-12-16-6-4-5-7-19(16)23(21)30/h4-13,21-24H,1-3H3/t21-,22+,23-,24-/m0/s1. The number of rotatable bonds is 5. The number of amides is 2. The molecule has 2 amide bonds. The molecule has 2 saturated heterocycles. The van der Waals surface area contributed by atoms with E-state index in [2.05, 4.69) is 0 Å². The molecule has 1 aromatic heterocycles. The molecule has 0 radical (unpaired) electrons. The monoisotopic (exact) mass is 557 g/mol. The molecule has 6 rings (SSSR count). The summed E-state index contributed by atoms with van der Waals surface area (Å²) in [7, 11) is 1.24. The number of ketones is 1. The molecule has 0 spiro atoms. The highest BCUT2D eigenvalue weighted by molar-refractivity contribution is 7.17. The molecule has 0 saturated carbocycles. The van der Waals surface area contributed by atoms with E-state index < -0.39 is 52.4 Å². The van der Waals surface area contributed by atoms with E-state index in [1.54, 1.807) is 24.9 Å². The van der Waals surface area contributed by atoms with Crippen LogP contribution in [-0.2, 0) is 14.3 Å². The number of aryl methyl sites for hydroxylation is 1. The number of carbonyl (C=O) groups excluding carboxylic acids is 4. The van der Waals surface area contributed by atoms with Gasteiger partial charge in [-0.3, -0.25) is 24.5 Å². The number of imide groups is 1. The van der Waals surface area contributed by atoms with Crippen LogP contribution in [0.5, 0.6) is 0 Å². The van der Waals surface area contributed by atoms with Crippen LogP contribution in [0, 0.1) is 35.8 Å². The summed E-state index contributed by atoms with van der Waals surface area (Å²) in [6, 6.07) is 11.1. The molecule has 0 N–H and O–H groups in total. The fourth-order valence-electron chi connectivity index (χ4n) is 6.08. The predicted octanol–water partition coefficient (Wildman–Crippen LogP) is 4.46. The van der Waals surface area contributed by atoms with Gasteiger partial charge < -0.3 is 9.64 Å². The van der Waals surface area contributed by atoms with Gasteiger partial charge in [-0.05, 0) is 48.7 Å². The number of anilines is 1. The van der Waals surface area contributed by atoms with E-state index >= 15 is 0 Å². The van der Waals surface area contributed by atoms with Crippen LogP contribution in [0.2, 0.25) is 0 Å². The summed E-state index contributed by atoms with van der Waals surface area (Å²) < 4.78 is 4.97. The number of hydrogen-bond acceptors (Lipinski definition) is 9. The maximum absolute atomic E-state index is 14.2. The number of benzene rings is 2. The molecule has 3 aliphatic rings. The predicted molar refractivity (Wildman–Crippen MR) is 146 cm³/mol. The number of nitro benzene ring substituents is 1. The van der Waals surface area contributed by atoms with Crippen molar-refractivity contribution in [2.75, 3.05) is 12.0 Å². The van der Waals surface area contributed by atoms with Crippen LogP contribution in [0.1, 0.15) is 48.3 Å². The van der Waals surface area contributed by atoms with Crippen LogP contribution in [0.15, 0.2) is 54.7 Å². The van der Waals surface area contributed by atoms with Gasteiger partial charge in [-0.25, -0.2) is 9.69 Å². The van der Waals surface area contributed by atoms with Gasteiger partial charge in [0, 0.05) is 28.8 Å². The highest BCUT2D eigenvalue weighted by Gasteiger charge is 2.65. The number of esters is 1. The maximum atomic E-state index is 14.2. The number of ether oxygens (including phenoxy) is 1. The van der Waals surface area contributed by atoms with Crippen molar-refractivity contribution in [3.8, 4) is 0 Å². The van der Waals surface area contributed by atoms with Crippen LogP contribution in [0.4, 0.5) is 10.7 Å². The van der Waals surface area contributed by atoms with E-state index in [0.717, 1.165) is 32.2 Å². The number of carbonyl (C=O) groups is 4. The van der Waals surface area contributed by atoms with Crippen LogP contribution in [0.25, 0.3) is 6.08 Å². The van der Waals surface area contributed by atoms with E-state index in [1.807, 2.05) is 30.3 Å². The number of methoxy groups -OCH3 is 1. The van der Waals surface area contributed by atoms with Crippen molar-refractivity contribution in [3.63, 3.8) is 0 Å². The lowest BCUT2D eigenvalue weighted by molar-refractivity contribution is -0.384. The SMILES string of the molecule is COC(=O)c1c(N2C(=O)[C@@H]3[C@H](C2=O)[C@@H]2c4ccccc4C=CN2[C@@H]3C(=O)c2ccc([N+](=O)[O-])cc2)sc(C)c1C. The molecule has 4 atom stereocenters. The molecule has 4 heterocycles. The van der Waals surface area contributed by atoms with Gasteiger partial charge in [0.15, 0.2) is 5.78 Å². The Morgan fingerprint density at radius 3 is 2.35 bits per heavy atom. The largest absolute Gasteiger partial charge is 0.465 e. The average Bonchev–Trinajstić information content (AvgIpc) is 3.54. The van der Waals surface area contributed by atoms with Crippen LogP contribution >= 0.6 is 11.3 Å². The van der Waals surface area contributed by atoms with Gasteiger partial charge in [0.25, 0.3) is 5.69 Å². The Bertz CT molecular complexity index is 1660. The average molecular weight is 558 g/mol. The Morgan fingerprint density at radius 1 is 1.00 bits per heavy atom. The van der Waals surface area contributed by atoms with Crippen LogP contribution in [0.3, 0.4) is 0 Å². The molecule has 2 aromatic carbocycles. The summed E-state index contributed by atoms with van der Waals surface area (Å²) >= 11 is 1.16. The lowest BCUT2D eigenvalue weighted by Crippen LogP contribution is -2.44. The van der Waals surface area contributed by atoms with Gasteiger partial charge in [-0.15, -0.1) is 11.3 Å². The van der Waals surface area contributed by atoms with E-state index in [0.29, 0.717) is 5.56 Å². The normalized spacial score (nSPS) is 22.7. The second-order valence-corrected chi connectivity index (χ2v) is 11.2. The zero-order valence-corrected chi connectivity index (χ0v) is 22.5. The summed E-state index contributed by atoms with van der Waals surface area (Å²) in [5, 5.41) is 11.3. The second-order valence-electron chi connectivity index (χ2n) is 9.97. The molecule has 3 aromatic rings. The first-order chi connectivity index (χ1) is 19.1. The zero-order chi connectivity index (χ0) is 28.5. The van der Waals surface area contributed by atoms with Crippen molar-refractivity contribution in [3.05, 3.63) is 97.5 Å². The minimum Gasteiger partial charge on any atom is -0.465 e. The lowest BCUT2D eigenvalue weighted by atomic mass is 9.83. The Morgan fingerprint density at radius 2 is 1.68 bits per heavy atom. The third kappa shape index (κ3) is 3.54. The van der Waals surface area contributed by atoms with Crippen molar-refractivity contribution < 1.29 is 28.8 Å². The van der Waals surface area contributed by atoms with Crippen LogP contribution in [-0.4, -0.2) is 46.5 Å². The zero-order valence-electron chi connectivity index (χ0n) is 21.7. The van der Waals surface area contributed by atoms with Crippen molar-refractivity contribution in [1.82, 2.24) is 4.90 Å². The molecule has 3 aliphatic heterocycles. The Kier molecular flexibility index (Phi) is 5.91. The summed E-state index contributed by atoms with van der Waals surface area (Å²) in [5.74, 6) is -4.06. The highest BCUT2D eigenvalue weighted by Crippen LogP contribution is 2.55. The van der Waals surface area contributed by atoms with E-state index in [1.165, 1.54) is 31.4 Å². The minimum absolute atomic E-state index is 0.158. The number of fused-ring (bicyclic) bond motifs is 5. The van der Waals surface area contributed by atoms with Gasteiger partial charge >= 0.3 is 5.97 Å². The molecule has 11 heteroatoms. The first-order valence-corrected chi connectivity index (χ1v) is 13.4. The number of nitro groups is 1. The summed E-state index contributed by atoms with van der Waals surface area (Å²) in [6.45, 7) is 3.53. The minimum atomic E-state index is -1.04. The van der Waals surface area contributed by atoms with Gasteiger partial charge in [0.2, 0.25) is 11.8 Å². The van der Waals surface area contributed by atoms with Crippen molar-refractivity contribution >= 4 is 51.7 Å². The fraction of sp³-hybridized carbons (Fsp3) is 0.241. The number of thiophene rings is 1. The Balaban J connectivity index is 1.50. The molecular weight excluding hydrogens is 534 g/mol. The van der Waals surface area contributed by atoms with E-state index in [-0.39, 0.29) is 21.8 Å². The van der Waals surface area contributed by atoms with E-state index in [4.69, 9.17) is 4.74 Å². The van der Waals surface area contributed by atoms with Gasteiger partial charge in [-0.1, -0.05) is 24.3 Å². The summed E-state index contributed by atoms with van der Waals surface area (Å²) in [6.07, 6.45) is 3.58. The third-order valence-electron chi connectivity index (χ3n) is 8.05. The topological polar surface area (TPSA) is 127 Å². The molecular formula is C29H23N3O7S. The molecule has 0 unspecified atom stereocenters. The quantitative estimate of drug-likeness (QED) is 0.148. The summed E-state index contributed by atoms with van der Waals surface area (Å²) in [4.78, 5) is 69.3. The van der Waals surface area contributed by atoms with Crippen molar-refractivity contribution in [1.29, 1.82) is 0 Å². The first-order valence-electron chi connectivity index (χ1n) is 12.5. The Labute approximate surface area is 232 Å². The fourth-order valence-corrected chi connectivity index (χ4v) is 7.24. The number of Topliss-reactive ketones (excluding diaryl/α,β-unsaturated/α-hetero) is 1. The molecule has 2 fully saturated rings. The van der Waals surface area contributed by atoms with Crippen LogP contribution < -0.4 is 4.90 Å². The van der Waals surface area contributed by atoms with Crippen molar-refractivity contribution in [2.24, 2.45) is 11.8 Å². The smallest absolute Gasteiger partial charge is 0.341 e. The van der Waals surface area contributed by atoms with Gasteiger partial charge in [-0.2, -0.15) is 0 Å². The molecule has 10 nitrogen and oxygen atoms in total. The first kappa shape index (κ1) is 25.6. The second kappa shape index (κ2) is 9.23. The Hall–Kier alpha value is -4.64. The number of non-ortho nitro benzene ring substituents is 1. The molecule has 0 bridgehead atoms. The molecule has 40 heavy (non-hydrogen) atoms. The highest BCUT2D eigenvalue weighted by atomic mass is 32.1. The third-order valence-corrected chi connectivity index (χ3v) is 9.24. The summed E-state index contributed by atoms with van der Waals surface area (Å²) in [5.41, 5.74) is 2.50. The number of nitrogens with zero attached hydrogens (tertiary/aromatic N) is 3. The maximum Gasteiger partial charge on any atom is 0.341 e. The molecule has 202 valence electrons. The van der Waals surface area contributed by atoms with Gasteiger partial charge in [0.1, 0.15) is 11.0 Å².